The molecule has 2 aromatic heterocycles. The SMILES string of the molecule is c1ccc(-c2nc(-c3ccccc3)nc(-c3cccc(-c4cccc(-c5ccc6c7ccccc7c7nccnc7c6c5)c4)c3)n2)cc1. The molecule has 2 heterocycles. The Bertz CT molecular complexity index is 2520. The summed E-state index contributed by atoms with van der Waals surface area (Å²) in [5.74, 6) is 1.93. The monoisotopic (exact) mass is 613 g/mol. The van der Waals surface area contributed by atoms with Gasteiger partial charge in [0.1, 0.15) is 0 Å². The summed E-state index contributed by atoms with van der Waals surface area (Å²) in [7, 11) is 0. The Labute approximate surface area is 277 Å². The molecular formula is C43H27N5. The maximum Gasteiger partial charge on any atom is 0.164 e. The van der Waals surface area contributed by atoms with Crippen LogP contribution in [0.5, 0.6) is 0 Å². The standard InChI is InChI=1S/C43H27N5/c1-3-11-28(12-4-1)41-46-42(29-13-5-2-6-14-29)48-43(47-41)34-18-10-17-32(26-34)30-15-9-16-31(25-30)33-21-22-36-35-19-7-8-20-37(35)39-40(38(36)27-33)45-24-23-44-39/h1-27H. The van der Waals surface area contributed by atoms with Crippen molar-refractivity contribution in [1.29, 1.82) is 0 Å². The van der Waals surface area contributed by atoms with E-state index in [2.05, 4.69) is 91.0 Å². The third-order valence-electron chi connectivity index (χ3n) is 8.79. The van der Waals surface area contributed by atoms with Gasteiger partial charge in [-0.3, -0.25) is 9.97 Å². The van der Waals surface area contributed by atoms with Crippen LogP contribution in [-0.4, -0.2) is 24.9 Å². The molecule has 0 aliphatic heterocycles. The van der Waals surface area contributed by atoms with Crippen molar-refractivity contribution in [2.24, 2.45) is 0 Å². The van der Waals surface area contributed by atoms with Crippen molar-refractivity contribution in [3.63, 3.8) is 0 Å². The zero-order valence-electron chi connectivity index (χ0n) is 25.8. The first-order valence-corrected chi connectivity index (χ1v) is 15.9. The summed E-state index contributed by atoms with van der Waals surface area (Å²) >= 11 is 0. The highest BCUT2D eigenvalue weighted by atomic mass is 15.0. The number of nitrogens with zero attached hydrogens (tertiary/aromatic N) is 5. The van der Waals surface area contributed by atoms with E-state index < -0.39 is 0 Å². The van der Waals surface area contributed by atoms with Gasteiger partial charge >= 0.3 is 0 Å². The summed E-state index contributed by atoms with van der Waals surface area (Å²) in [6, 6.07) is 52.3. The van der Waals surface area contributed by atoms with Crippen LogP contribution >= 0.6 is 0 Å². The van der Waals surface area contributed by atoms with E-state index in [9.17, 15) is 0 Å². The molecule has 0 fully saturated rings. The molecular weight excluding hydrogens is 587 g/mol. The largest absolute Gasteiger partial charge is 0.252 e. The van der Waals surface area contributed by atoms with E-state index in [1.165, 1.54) is 10.8 Å². The van der Waals surface area contributed by atoms with E-state index in [1.54, 1.807) is 12.4 Å². The number of aromatic nitrogens is 5. The van der Waals surface area contributed by atoms with Crippen molar-refractivity contribution in [1.82, 2.24) is 24.9 Å². The first-order chi connectivity index (χ1) is 23.8. The summed E-state index contributed by atoms with van der Waals surface area (Å²) in [6.45, 7) is 0. The average molecular weight is 614 g/mol. The predicted molar refractivity (Wildman–Crippen MR) is 195 cm³/mol. The molecule has 0 aliphatic rings. The number of benzene rings is 7. The van der Waals surface area contributed by atoms with Gasteiger partial charge in [0.25, 0.3) is 0 Å². The molecule has 0 spiro atoms. The molecule has 7 aromatic carbocycles. The summed E-state index contributed by atoms with van der Waals surface area (Å²) in [6.07, 6.45) is 3.54. The molecule has 0 saturated carbocycles. The molecule has 0 aliphatic carbocycles. The number of hydrogen-bond acceptors (Lipinski definition) is 5. The van der Waals surface area contributed by atoms with Crippen molar-refractivity contribution in [2.75, 3.05) is 0 Å². The fourth-order valence-corrected chi connectivity index (χ4v) is 6.47. The van der Waals surface area contributed by atoms with Crippen LogP contribution in [0.1, 0.15) is 0 Å². The van der Waals surface area contributed by atoms with Crippen LogP contribution in [0.4, 0.5) is 0 Å². The highest BCUT2D eigenvalue weighted by molar-refractivity contribution is 6.23. The molecule has 224 valence electrons. The van der Waals surface area contributed by atoms with Crippen LogP contribution in [0.2, 0.25) is 0 Å². The van der Waals surface area contributed by atoms with Crippen LogP contribution in [0, 0.1) is 0 Å². The van der Waals surface area contributed by atoms with Gasteiger partial charge in [-0.25, -0.2) is 15.0 Å². The first-order valence-electron chi connectivity index (χ1n) is 15.9. The summed E-state index contributed by atoms with van der Waals surface area (Å²) < 4.78 is 0. The van der Waals surface area contributed by atoms with Gasteiger partial charge in [0, 0.05) is 39.9 Å². The molecule has 0 bridgehead atoms. The molecule has 0 N–H and O–H groups in total. The molecule has 48 heavy (non-hydrogen) atoms. The third-order valence-corrected chi connectivity index (χ3v) is 8.79. The topological polar surface area (TPSA) is 64.5 Å². The van der Waals surface area contributed by atoms with Gasteiger partial charge < -0.3 is 0 Å². The quantitative estimate of drug-likeness (QED) is 0.181. The highest BCUT2D eigenvalue weighted by Gasteiger charge is 2.14. The molecule has 0 unspecified atom stereocenters. The Morgan fingerprint density at radius 3 is 1.29 bits per heavy atom. The Morgan fingerprint density at radius 1 is 0.271 bits per heavy atom. The van der Waals surface area contributed by atoms with Gasteiger partial charge in [0.15, 0.2) is 17.5 Å². The Hall–Kier alpha value is -6.59. The molecule has 0 radical (unpaired) electrons. The van der Waals surface area contributed by atoms with Crippen LogP contribution in [0.15, 0.2) is 164 Å². The molecule has 9 rings (SSSR count). The van der Waals surface area contributed by atoms with Gasteiger partial charge in [-0.2, -0.15) is 0 Å². The Balaban J connectivity index is 1.14. The second-order valence-corrected chi connectivity index (χ2v) is 11.8. The molecule has 0 saturated heterocycles. The van der Waals surface area contributed by atoms with Crippen LogP contribution < -0.4 is 0 Å². The van der Waals surface area contributed by atoms with E-state index in [4.69, 9.17) is 24.9 Å². The molecule has 0 amide bonds. The Morgan fingerprint density at radius 2 is 0.688 bits per heavy atom. The molecule has 5 heteroatoms. The lowest BCUT2D eigenvalue weighted by Gasteiger charge is -2.12. The van der Waals surface area contributed by atoms with E-state index in [1.807, 2.05) is 60.7 Å². The van der Waals surface area contributed by atoms with Gasteiger partial charge in [0.2, 0.25) is 0 Å². The lowest BCUT2D eigenvalue weighted by molar-refractivity contribution is 1.07. The molecule has 0 atom stereocenters. The van der Waals surface area contributed by atoms with Gasteiger partial charge in [0.05, 0.1) is 11.0 Å². The van der Waals surface area contributed by atoms with Crippen molar-refractivity contribution < 1.29 is 0 Å². The van der Waals surface area contributed by atoms with E-state index in [0.29, 0.717) is 17.5 Å². The van der Waals surface area contributed by atoms with E-state index >= 15 is 0 Å². The van der Waals surface area contributed by atoms with Crippen LogP contribution in [0.3, 0.4) is 0 Å². The average Bonchev–Trinajstić information content (AvgIpc) is 3.18. The van der Waals surface area contributed by atoms with Crippen molar-refractivity contribution in [3.05, 3.63) is 164 Å². The third kappa shape index (κ3) is 4.95. The van der Waals surface area contributed by atoms with Gasteiger partial charge in [-0.1, -0.05) is 133 Å². The Kier molecular flexibility index (Phi) is 6.72. The second kappa shape index (κ2) is 11.6. The lowest BCUT2D eigenvalue weighted by atomic mass is 9.94. The van der Waals surface area contributed by atoms with Crippen LogP contribution in [0.25, 0.3) is 89.0 Å². The smallest absolute Gasteiger partial charge is 0.164 e. The normalized spacial score (nSPS) is 11.3. The second-order valence-electron chi connectivity index (χ2n) is 11.8. The lowest BCUT2D eigenvalue weighted by Crippen LogP contribution is -2.00. The molecule has 5 nitrogen and oxygen atoms in total. The van der Waals surface area contributed by atoms with Crippen molar-refractivity contribution in [3.8, 4) is 56.4 Å². The summed E-state index contributed by atoms with van der Waals surface area (Å²) in [4.78, 5) is 24.2. The minimum atomic E-state index is 0.635. The minimum Gasteiger partial charge on any atom is -0.252 e. The van der Waals surface area contributed by atoms with Crippen LogP contribution in [-0.2, 0) is 0 Å². The zero-order valence-corrected chi connectivity index (χ0v) is 25.8. The van der Waals surface area contributed by atoms with Gasteiger partial charge in [-0.05, 0) is 51.2 Å². The fraction of sp³-hybridized carbons (Fsp3) is 0. The fourth-order valence-electron chi connectivity index (χ4n) is 6.47. The molecule has 9 aromatic rings. The van der Waals surface area contributed by atoms with E-state index in [0.717, 1.165) is 60.8 Å². The number of fused-ring (bicyclic) bond motifs is 6. The minimum absolute atomic E-state index is 0.635. The van der Waals surface area contributed by atoms with E-state index in [-0.39, 0.29) is 0 Å². The van der Waals surface area contributed by atoms with Crippen molar-refractivity contribution >= 4 is 32.6 Å². The number of rotatable bonds is 5. The van der Waals surface area contributed by atoms with Crippen molar-refractivity contribution in [2.45, 2.75) is 0 Å². The highest BCUT2D eigenvalue weighted by Crippen LogP contribution is 2.36. The summed E-state index contributed by atoms with van der Waals surface area (Å²) in [5, 5.41) is 4.57. The van der Waals surface area contributed by atoms with Gasteiger partial charge in [-0.15, -0.1) is 0 Å². The maximum absolute atomic E-state index is 4.94. The zero-order chi connectivity index (χ0) is 31.9. The maximum atomic E-state index is 4.94. The summed E-state index contributed by atoms with van der Waals surface area (Å²) in [5.41, 5.74) is 9.11. The number of hydrogen-bond donors (Lipinski definition) is 0. The first kappa shape index (κ1) is 27.7. The predicted octanol–water partition coefficient (Wildman–Crippen LogP) is 10.5.